The van der Waals surface area contributed by atoms with Crippen LogP contribution in [-0.2, 0) is 9.84 Å². The molecule has 0 aromatic heterocycles. The van der Waals surface area contributed by atoms with Crippen molar-refractivity contribution < 1.29 is 8.42 Å². The molecule has 0 fully saturated rings. The molecule has 0 saturated carbocycles. The topological polar surface area (TPSA) is 62.3 Å². The standard InChI is InChI=1S/C20H14N2O2S/c1-13-8-9-15(14(2)10-13)11-19-20(17(12-21)22-3)16-6-4-5-7-18(16)25(19,23)24/h4-11H,1-2H3/b19-11?,20-17+. The van der Waals surface area contributed by atoms with Gasteiger partial charge in [0.25, 0.3) is 5.70 Å². The number of rotatable bonds is 1. The molecule has 0 saturated heterocycles. The molecule has 0 spiro atoms. The first kappa shape index (κ1) is 16.7. The van der Waals surface area contributed by atoms with Gasteiger partial charge < -0.3 is 0 Å². The number of fused-ring (bicyclic) bond motifs is 1. The summed E-state index contributed by atoms with van der Waals surface area (Å²) in [5, 5.41) is 9.31. The third-order valence-electron chi connectivity index (χ3n) is 4.15. The summed E-state index contributed by atoms with van der Waals surface area (Å²) in [7, 11) is -3.78. The summed E-state index contributed by atoms with van der Waals surface area (Å²) < 4.78 is 26.0. The largest absolute Gasteiger partial charge is 0.270 e. The second kappa shape index (κ2) is 6.05. The fourth-order valence-electron chi connectivity index (χ4n) is 2.95. The first-order valence-corrected chi connectivity index (χ1v) is 9.04. The Morgan fingerprint density at radius 2 is 1.92 bits per heavy atom. The highest BCUT2D eigenvalue weighted by molar-refractivity contribution is 7.96. The van der Waals surface area contributed by atoms with Crippen molar-refractivity contribution in [2.45, 2.75) is 18.7 Å². The van der Waals surface area contributed by atoms with Crippen LogP contribution in [-0.4, -0.2) is 8.42 Å². The number of allylic oxidation sites excluding steroid dienone is 2. The van der Waals surface area contributed by atoms with E-state index in [1.165, 1.54) is 6.07 Å². The number of benzene rings is 2. The zero-order valence-electron chi connectivity index (χ0n) is 13.7. The Kier molecular flexibility index (Phi) is 4.04. The summed E-state index contributed by atoms with van der Waals surface area (Å²) >= 11 is 0. The zero-order valence-corrected chi connectivity index (χ0v) is 14.6. The molecule has 122 valence electrons. The molecule has 0 N–H and O–H groups in total. The fraction of sp³-hybridized carbons (Fsp3) is 0.100. The van der Waals surface area contributed by atoms with E-state index in [-0.39, 0.29) is 21.1 Å². The van der Waals surface area contributed by atoms with E-state index in [4.69, 9.17) is 6.57 Å². The van der Waals surface area contributed by atoms with E-state index in [2.05, 4.69) is 4.85 Å². The van der Waals surface area contributed by atoms with Gasteiger partial charge in [-0.3, -0.25) is 0 Å². The third-order valence-corrected chi connectivity index (χ3v) is 5.98. The number of hydrogen-bond donors (Lipinski definition) is 0. The zero-order chi connectivity index (χ0) is 18.2. The van der Waals surface area contributed by atoms with Gasteiger partial charge in [0.15, 0.2) is 0 Å². The van der Waals surface area contributed by atoms with Crippen LogP contribution in [0.5, 0.6) is 0 Å². The lowest BCUT2D eigenvalue weighted by molar-refractivity contribution is 0.604. The van der Waals surface area contributed by atoms with Crippen LogP contribution in [0.15, 0.2) is 58.0 Å². The lowest BCUT2D eigenvalue weighted by Crippen LogP contribution is -1.98. The molecule has 2 aromatic rings. The molecule has 0 aliphatic carbocycles. The molecule has 5 heteroatoms. The Balaban J connectivity index is 2.39. The predicted octanol–water partition coefficient (Wildman–Crippen LogP) is 4.29. The molecule has 3 rings (SSSR count). The van der Waals surface area contributed by atoms with Crippen molar-refractivity contribution in [2.75, 3.05) is 0 Å². The van der Waals surface area contributed by atoms with E-state index in [9.17, 15) is 13.7 Å². The molecule has 0 atom stereocenters. The van der Waals surface area contributed by atoms with Crippen molar-refractivity contribution in [1.29, 1.82) is 5.26 Å². The van der Waals surface area contributed by atoms with Gasteiger partial charge in [0.2, 0.25) is 9.84 Å². The maximum absolute atomic E-state index is 13.0. The molecular formula is C20H14N2O2S. The van der Waals surface area contributed by atoms with Crippen LogP contribution in [0.4, 0.5) is 0 Å². The Hall–Kier alpha value is -3.15. The van der Waals surface area contributed by atoms with Crippen molar-refractivity contribution in [3.8, 4) is 6.07 Å². The van der Waals surface area contributed by atoms with Crippen LogP contribution in [0.3, 0.4) is 0 Å². The van der Waals surface area contributed by atoms with Gasteiger partial charge in [-0.25, -0.2) is 18.5 Å². The average molecular weight is 346 g/mol. The summed E-state index contributed by atoms with van der Waals surface area (Å²) in [6.45, 7) is 11.1. The van der Waals surface area contributed by atoms with Gasteiger partial charge in [-0.2, -0.15) is 0 Å². The predicted molar refractivity (Wildman–Crippen MR) is 96.7 cm³/mol. The minimum Gasteiger partial charge on any atom is -0.226 e. The average Bonchev–Trinajstić information content (AvgIpc) is 2.80. The highest BCUT2D eigenvalue weighted by Crippen LogP contribution is 2.45. The lowest BCUT2D eigenvalue weighted by Gasteiger charge is -2.06. The normalized spacial score (nSPS) is 18.3. The van der Waals surface area contributed by atoms with E-state index < -0.39 is 9.84 Å². The molecule has 0 amide bonds. The van der Waals surface area contributed by atoms with Crippen molar-refractivity contribution in [2.24, 2.45) is 0 Å². The van der Waals surface area contributed by atoms with Crippen LogP contribution in [0.2, 0.25) is 0 Å². The Labute approximate surface area is 147 Å². The summed E-state index contributed by atoms with van der Waals surface area (Å²) in [5.74, 6) is 0. The van der Waals surface area contributed by atoms with Crippen LogP contribution in [0.25, 0.3) is 16.5 Å². The molecule has 25 heavy (non-hydrogen) atoms. The summed E-state index contributed by atoms with van der Waals surface area (Å²) in [4.78, 5) is 3.39. The summed E-state index contributed by atoms with van der Waals surface area (Å²) in [6, 6.07) is 14.0. The van der Waals surface area contributed by atoms with Crippen molar-refractivity contribution >= 4 is 21.5 Å². The molecular weight excluding hydrogens is 332 g/mol. The van der Waals surface area contributed by atoms with Crippen molar-refractivity contribution in [3.63, 3.8) is 0 Å². The maximum Gasteiger partial charge on any atom is 0.270 e. The molecule has 4 nitrogen and oxygen atoms in total. The monoisotopic (exact) mass is 346 g/mol. The van der Waals surface area contributed by atoms with Gasteiger partial charge in [-0.05, 0) is 42.7 Å². The minimum absolute atomic E-state index is 0.00760. The molecule has 0 radical (unpaired) electrons. The molecule has 1 heterocycles. The van der Waals surface area contributed by atoms with E-state index in [0.29, 0.717) is 5.56 Å². The van der Waals surface area contributed by atoms with Gasteiger partial charge in [-0.1, -0.05) is 42.0 Å². The second-order valence-electron chi connectivity index (χ2n) is 5.82. The fourth-order valence-corrected chi connectivity index (χ4v) is 4.66. The van der Waals surface area contributed by atoms with Crippen LogP contribution >= 0.6 is 0 Å². The number of hydrogen-bond acceptors (Lipinski definition) is 3. The van der Waals surface area contributed by atoms with E-state index in [1.807, 2.05) is 38.1 Å². The highest BCUT2D eigenvalue weighted by Gasteiger charge is 2.37. The Morgan fingerprint density at radius 3 is 2.56 bits per heavy atom. The highest BCUT2D eigenvalue weighted by atomic mass is 32.2. The Bertz CT molecular complexity index is 1120. The number of sulfone groups is 1. The summed E-state index contributed by atoms with van der Waals surface area (Å²) in [6.07, 6.45) is 1.56. The smallest absolute Gasteiger partial charge is 0.226 e. The first-order chi connectivity index (χ1) is 11.9. The van der Waals surface area contributed by atoms with Gasteiger partial charge in [0, 0.05) is 5.57 Å². The molecule has 0 unspecified atom stereocenters. The number of nitrogens with zero attached hydrogens (tertiary/aromatic N) is 2. The maximum atomic E-state index is 13.0. The lowest BCUT2D eigenvalue weighted by atomic mass is 10.0. The molecule has 2 aromatic carbocycles. The SMILES string of the molecule is [C-]#[N+]/C(C#N)=C1/C(=Cc2ccc(C)cc2C)S(=O)(=O)c2ccccc21. The van der Waals surface area contributed by atoms with Crippen molar-refractivity contribution in [1.82, 2.24) is 0 Å². The quantitative estimate of drug-likeness (QED) is 0.572. The van der Waals surface area contributed by atoms with Crippen molar-refractivity contribution in [3.05, 3.63) is 86.7 Å². The number of nitriles is 1. The van der Waals surface area contributed by atoms with E-state index in [1.54, 1.807) is 24.3 Å². The van der Waals surface area contributed by atoms with E-state index >= 15 is 0 Å². The molecule has 1 aliphatic rings. The molecule has 1 aliphatic heterocycles. The van der Waals surface area contributed by atoms with Gasteiger partial charge in [0.1, 0.15) is 0 Å². The van der Waals surface area contributed by atoms with Crippen LogP contribution in [0, 0.1) is 31.8 Å². The van der Waals surface area contributed by atoms with Gasteiger partial charge in [0.05, 0.1) is 22.4 Å². The summed E-state index contributed by atoms with van der Waals surface area (Å²) in [5.41, 5.74) is 3.13. The first-order valence-electron chi connectivity index (χ1n) is 7.56. The van der Waals surface area contributed by atoms with Crippen LogP contribution < -0.4 is 0 Å². The van der Waals surface area contributed by atoms with Gasteiger partial charge in [-0.15, -0.1) is 0 Å². The molecule has 0 bridgehead atoms. The number of aryl methyl sites for hydroxylation is 2. The second-order valence-corrected chi connectivity index (χ2v) is 7.70. The van der Waals surface area contributed by atoms with Crippen LogP contribution in [0.1, 0.15) is 22.3 Å². The van der Waals surface area contributed by atoms with Gasteiger partial charge >= 0.3 is 0 Å². The Morgan fingerprint density at radius 1 is 1.20 bits per heavy atom. The minimum atomic E-state index is -3.78. The van der Waals surface area contributed by atoms with E-state index in [0.717, 1.165) is 16.7 Å². The third kappa shape index (κ3) is 2.65.